The molecule has 0 N–H and O–H groups in total. The Hall–Kier alpha value is -2.15. The predicted octanol–water partition coefficient (Wildman–Crippen LogP) is 4.25. The highest BCUT2D eigenvalue weighted by molar-refractivity contribution is 7.99. The van der Waals surface area contributed by atoms with Crippen LogP contribution in [0.3, 0.4) is 0 Å². The molecular formula is C23H27N3O2S. The number of morpholine rings is 1. The maximum Gasteiger partial charge on any atom is 0.144 e. The molecule has 6 heteroatoms. The average Bonchev–Trinajstić information content (AvgIpc) is 2.74. The van der Waals surface area contributed by atoms with Crippen LogP contribution in [0.2, 0.25) is 0 Å². The molecule has 152 valence electrons. The van der Waals surface area contributed by atoms with Crippen molar-refractivity contribution in [1.82, 2.24) is 14.9 Å². The molecule has 0 unspecified atom stereocenters. The van der Waals surface area contributed by atoms with Gasteiger partial charge in [-0.2, -0.15) is 0 Å². The fourth-order valence-electron chi connectivity index (χ4n) is 3.39. The zero-order valence-electron chi connectivity index (χ0n) is 17.1. The highest BCUT2D eigenvalue weighted by Gasteiger charge is 2.14. The number of aromatic nitrogens is 2. The lowest BCUT2D eigenvalue weighted by molar-refractivity contribution is 0.0330. The Kier molecular flexibility index (Phi) is 6.64. The van der Waals surface area contributed by atoms with E-state index in [4.69, 9.17) is 19.4 Å². The van der Waals surface area contributed by atoms with Gasteiger partial charge in [-0.3, -0.25) is 4.90 Å². The van der Waals surface area contributed by atoms with Crippen LogP contribution in [0.15, 0.2) is 47.5 Å². The van der Waals surface area contributed by atoms with Gasteiger partial charge in [-0.05, 0) is 37.1 Å². The molecule has 2 heterocycles. The second kappa shape index (κ2) is 9.57. The van der Waals surface area contributed by atoms with Crippen molar-refractivity contribution in [3.05, 3.63) is 59.4 Å². The molecule has 2 aromatic carbocycles. The number of hydrogen-bond donors (Lipinski definition) is 0. The topological polar surface area (TPSA) is 47.5 Å². The van der Waals surface area contributed by atoms with Gasteiger partial charge >= 0.3 is 0 Å². The lowest BCUT2D eigenvalue weighted by Gasteiger charge is -2.25. The summed E-state index contributed by atoms with van der Waals surface area (Å²) in [5.74, 6) is 2.68. The summed E-state index contributed by atoms with van der Waals surface area (Å²) in [6, 6.07) is 14.6. The third-order valence-electron chi connectivity index (χ3n) is 5.01. The van der Waals surface area contributed by atoms with Gasteiger partial charge in [-0.15, -0.1) is 11.8 Å². The van der Waals surface area contributed by atoms with E-state index in [1.54, 1.807) is 11.8 Å². The first-order chi connectivity index (χ1) is 14.2. The zero-order valence-corrected chi connectivity index (χ0v) is 17.9. The van der Waals surface area contributed by atoms with Crippen molar-refractivity contribution >= 4 is 22.7 Å². The maximum absolute atomic E-state index is 6.02. The van der Waals surface area contributed by atoms with Crippen LogP contribution in [0.25, 0.3) is 10.9 Å². The standard InChI is InChI=1S/C23H27N3O2S/c1-17-7-8-18(2)21(15-17)28-13-14-29-23-19-5-3-4-6-20(19)24-22(25-23)16-26-9-11-27-12-10-26/h3-8,15H,9-14,16H2,1-2H3. The van der Waals surface area contributed by atoms with E-state index in [1.165, 1.54) is 11.1 Å². The molecule has 0 saturated carbocycles. The molecule has 0 aliphatic carbocycles. The first-order valence-corrected chi connectivity index (χ1v) is 11.1. The van der Waals surface area contributed by atoms with Crippen molar-refractivity contribution in [2.75, 3.05) is 38.7 Å². The number of para-hydroxylation sites is 1. The summed E-state index contributed by atoms with van der Waals surface area (Å²) in [7, 11) is 0. The van der Waals surface area contributed by atoms with Crippen molar-refractivity contribution in [2.24, 2.45) is 0 Å². The van der Waals surface area contributed by atoms with Crippen LogP contribution in [-0.2, 0) is 11.3 Å². The molecular weight excluding hydrogens is 382 g/mol. The number of rotatable bonds is 7. The largest absolute Gasteiger partial charge is 0.492 e. The van der Waals surface area contributed by atoms with E-state index in [2.05, 4.69) is 49.1 Å². The Morgan fingerprint density at radius 2 is 1.90 bits per heavy atom. The molecule has 1 fully saturated rings. The number of hydrogen-bond acceptors (Lipinski definition) is 6. The third-order valence-corrected chi connectivity index (χ3v) is 5.96. The van der Waals surface area contributed by atoms with E-state index in [9.17, 15) is 0 Å². The van der Waals surface area contributed by atoms with Crippen LogP contribution < -0.4 is 4.74 Å². The minimum Gasteiger partial charge on any atom is -0.492 e. The SMILES string of the molecule is Cc1ccc(C)c(OCCSc2nc(CN3CCOCC3)nc3ccccc23)c1. The third kappa shape index (κ3) is 5.26. The summed E-state index contributed by atoms with van der Waals surface area (Å²) in [4.78, 5) is 12.0. The van der Waals surface area contributed by atoms with E-state index in [1.807, 2.05) is 12.1 Å². The minimum absolute atomic E-state index is 0.645. The molecule has 0 spiro atoms. The first-order valence-electron chi connectivity index (χ1n) is 10.1. The molecule has 1 aliphatic rings. The molecule has 0 amide bonds. The Morgan fingerprint density at radius 1 is 1.07 bits per heavy atom. The van der Waals surface area contributed by atoms with E-state index >= 15 is 0 Å². The molecule has 29 heavy (non-hydrogen) atoms. The van der Waals surface area contributed by atoms with Crippen molar-refractivity contribution in [3.63, 3.8) is 0 Å². The monoisotopic (exact) mass is 409 g/mol. The second-order valence-corrected chi connectivity index (χ2v) is 8.40. The van der Waals surface area contributed by atoms with Crippen LogP contribution in [0, 0.1) is 13.8 Å². The van der Waals surface area contributed by atoms with Crippen LogP contribution in [-0.4, -0.2) is 53.5 Å². The Balaban J connectivity index is 1.44. The van der Waals surface area contributed by atoms with Crippen molar-refractivity contribution in [3.8, 4) is 5.75 Å². The van der Waals surface area contributed by atoms with Gasteiger partial charge in [-0.1, -0.05) is 30.3 Å². The Bertz CT molecular complexity index is 973. The van der Waals surface area contributed by atoms with Gasteiger partial charge in [0.15, 0.2) is 0 Å². The highest BCUT2D eigenvalue weighted by atomic mass is 32.2. The molecule has 1 saturated heterocycles. The van der Waals surface area contributed by atoms with Crippen LogP contribution >= 0.6 is 11.8 Å². The number of benzene rings is 2. The van der Waals surface area contributed by atoms with Gasteiger partial charge in [0.25, 0.3) is 0 Å². The van der Waals surface area contributed by atoms with Gasteiger partial charge in [0.05, 0.1) is 31.9 Å². The maximum atomic E-state index is 6.02. The van der Waals surface area contributed by atoms with Crippen LogP contribution in [0.1, 0.15) is 17.0 Å². The van der Waals surface area contributed by atoms with Crippen molar-refractivity contribution in [2.45, 2.75) is 25.4 Å². The average molecular weight is 410 g/mol. The number of fused-ring (bicyclic) bond motifs is 1. The Labute approximate surface area is 176 Å². The lowest BCUT2D eigenvalue weighted by atomic mass is 10.1. The summed E-state index contributed by atoms with van der Waals surface area (Å²) in [5.41, 5.74) is 3.39. The summed E-state index contributed by atoms with van der Waals surface area (Å²) in [5, 5.41) is 2.14. The van der Waals surface area contributed by atoms with Gasteiger partial charge in [0, 0.05) is 24.2 Å². The number of ether oxygens (including phenoxy) is 2. The number of thioether (sulfide) groups is 1. The molecule has 3 aromatic rings. The number of aryl methyl sites for hydroxylation is 2. The Morgan fingerprint density at radius 3 is 2.76 bits per heavy atom. The highest BCUT2D eigenvalue weighted by Crippen LogP contribution is 2.26. The molecule has 1 aromatic heterocycles. The lowest BCUT2D eigenvalue weighted by Crippen LogP contribution is -2.36. The first kappa shape index (κ1) is 20.1. The fraction of sp³-hybridized carbons (Fsp3) is 0.391. The van der Waals surface area contributed by atoms with Crippen molar-refractivity contribution < 1.29 is 9.47 Å². The normalized spacial score (nSPS) is 15.0. The molecule has 4 rings (SSSR count). The summed E-state index contributed by atoms with van der Waals surface area (Å²) in [6.45, 7) is 9.01. The smallest absolute Gasteiger partial charge is 0.144 e. The van der Waals surface area contributed by atoms with Gasteiger partial charge in [0.1, 0.15) is 16.6 Å². The fourth-order valence-corrected chi connectivity index (χ4v) is 4.24. The van der Waals surface area contributed by atoms with E-state index in [-0.39, 0.29) is 0 Å². The van der Waals surface area contributed by atoms with E-state index in [0.29, 0.717) is 6.61 Å². The van der Waals surface area contributed by atoms with E-state index in [0.717, 1.165) is 66.1 Å². The quantitative estimate of drug-likeness (QED) is 0.330. The van der Waals surface area contributed by atoms with Gasteiger partial charge in [-0.25, -0.2) is 9.97 Å². The molecule has 5 nitrogen and oxygen atoms in total. The van der Waals surface area contributed by atoms with Gasteiger partial charge in [0.2, 0.25) is 0 Å². The molecule has 1 aliphatic heterocycles. The molecule has 0 radical (unpaired) electrons. The minimum atomic E-state index is 0.645. The summed E-state index contributed by atoms with van der Waals surface area (Å²) >= 11 is 1.74. The van der Waals surface area contributed by atoms with Gasteiger partial charge < -0.3 is 9.47 Å². The molecule has 0 atom stereocenters. The number of nitrogens with zero attached hydrogens (tertiary/aromatic N) is 3. The van der Waals surface area contributed by atoms with Crippen LogP contribution in [0.4, 0.5) is 0 Å². The predicted molar refractivity (Wildman–Crippen MR) is 118 cm³/mol. The molecule has 0 bridgehead atoms. The van der Waals surface area contributed by atoms with Crippen molar-refractivity contribution in [1.29, 1.82) is 0 Å². The zero-order chi connectivity index (χ0) is 20.1. The van der Waals surface area contributed by atoms with Crippen LogP contribution in [0.5, 0.6) is 5.75 Å². The second-order valence-electron chi connectivity index (χ2n) is 7.32. The summed E-state index contributed by atoms with van der Waals surface area (Å²) in [6.07, 6.45) is 0. The van der Waals surface area contributed by atoms with E-state index < -0.39 is 0 Å². The summed E-state index contributed by atoms with van der Waals surface area (Å²) < 4.78 is 11.5.